The van der Waals surface area contributed by atoms with Crippen molar-refractivity contribution in [3.8, 4) is 0 Å². The van der Waals surface area contributed by atoms with Crippen LogP contribution in [-0.2, 0) is 7.05 Å². The molecular formula is C13H17ClN4OS. The predicted octanol–water partition coefficient (Wildman–Crippen LogP) is 3.03. The second kappa shape index (κ2) is 5.93. The smallest absolute Gasteiger partial charge is 0.273 e. The van der Waals surface area contributed by atoms with Crippen LogP contribution in [0.2, 0.25) is 5.02 Å². The summed E-state index contributed by atoms with van der Waals surface area (Å²) < 4.78 is 1.52. The number of hydrogen-bond donors (Lipinski definition) is 1. The molecule has 0 aliphatic rings. The van der Waals surface area contributed by atoms with Crippen molar-refractivity contribution in [2.24, 2.45) is 7.05 Å². The Morgan fingerprint density at radius 1 is 1.55 bits per heavy atom. The molecule has 1 N–H and O–H groups in total. The molecule has 0 saturated heterocycles. The van der Waals surface area contributed by atoms with Gasteiger partial charge in [-0.25, -0.2) is 4.98 Å². The van der Waals surface area contributed by atoms with Crippen molar-refractivity contribution >= 4 is 28.8 Å². The summed E-state index contributed by atoms with van der Waals surface area (Å²) in [6, 6.07) is -0.113. The summed E-state index contributed by atoms with van der Waals surface area (Å²) >= 11 is 7.59. The van der Waals surface area contributed by atoms with Crippen LogP contribution in [0.4, 0.5) is 0 Å². The molecule has 7 heteroatoms. The van der Waals surface area contributed by atoms with E-state index in [0.717, 1.165) is 17.1 Å². The summed E-state index contributed by atoms with van der Waals surface area (Å²) in [6.07, 6.45) is 2.37. The van der Waals surface area contributed by atoms with Crippen LogP contribution in [0.15, 0.2) is 6.20 Å². The van der Waals surface area contributed by atoms with Crippen LogP contribution in [0.5, 0.6) is 0 Å². The minimum Gasteiger partial charge on any atom is -0.341 e. The maximum absolute atomic E-state index is 12.2. The molecule has 5 nitrogen and oxygen atoms in total. The van der Waals surface area contributed by atoms with E-state index in [4.69, 9.17) is 11.6 Å². The Hall–Kier alpha value is -1.40. The number of amides is 1. The highest BCUT2D eigenvalue weighted by Gasteiger charge is 2.21. The Labute approximate surface area is 127 Å². The molecule has 0 bridgehead atoms. The lowest BCUT2D eigenvalue weighted by atomic mass is 10.2. The highest BCUT2D eigenvalue weighted by molar-refractivity contribution is 7.11. The van der Waals surface area contributed by atoms with Gasteiger partial charge in [-0.2, -0.15) is 5.10 Å². The number of carbonyl (C=O) groups is 1. The standard InChI is InChI=1S/C13H17ClN4OS/c1-5-10(13-15-7(2)8(3)20-13)16-12(19)11-9(14)6-18(4)17-11/h6,10H,5H2,1-4H3,(H,16,19)/t10-/m0/s1. The number of hydrogen-bond acceptors (Lipinski definition) is 4. The van der Waals surface area contributed by atoms with E-state index in [1.807, 2.05) is 20.8 Å². The van der Waals surface area contributed by atoms with E-state index in [-0.39, 0.29) is 17.6 Å². The molecule has 2 rings (SSSR count). The van der Waals surface area contributed by atoms with Gasteiger partial charge in [0, 0.05) is 18.1 Å². The number of aromatic nitrogens is 3. The van der Waals surface area contributed by atoms with Gasteiger partial charge in [0.15, 0.2) is 5.69 Å². The minimum atomic E-state index is -0.270. The van der Waals surface area contributed by atoms with E-state index in [2.05, 4.69) is 15.4 Å². The molecule has 108 valence electrons. The molecule has 0 aliphatic carbocycles. The van der Waals surface area contributed by atoms with E-state index < -0.39 is 0 Å². The number of nitrogens with one attached hydrogen (secondary N) is 1. The number of carbonyl (C=O) groups excluding carboxylic acids is 1. The zero-order valence-corrected chi connectivity index (χ0v) is 13.5. The summed E-state index contributed by atoms with van der Waals surface area (Å²) in [4.78, 5) is 17.9. The number of nitrogens with zero attached hydrogens (tertiary/aromatic N) is 3. The molecule has 2 aromatic heterocycles. The van der Waals surface area contributed by atoms with Crippen LogP contribution < -0.4 is 5.32 Å². The molecule has 2 heterocycles. The van der Waals surface area contributed by atoms with Gasteiger partial charge < -0.3 is 5.32 Å². The first-order valence-electron chi connectivity index (χ1n) is 6.36. The first-order chi connectivity index (χ1) is 9.42. The second-order valence-electron chi connectivity index (χ2n) is 4.63. The molecular weight excluding hydrogens is 296 g/mol. The van der Waals surface area contributed by atoms with Crippen LogP contribution in [-0.4, -0.2) is 20.7 Å². The lowest BCUT2D eigenvalue weighted by molar-refractivity contribution is 0.0930. The summed E-state index contributed by atoms with van der Waals surface area (Å²) in [5.41, 5.74) is 1.26. The van der Waals surface area contributed by atoms with Crippen LogP contribution in [0.25, 0.3) is 0 Å². The van der Waals surface area contributed by atoms with E-state index in [0.29, 0.717) is 5.02 Å². The van der Waals surface area contributed by atoms with Gasteiger partial charge in [0.05, 0.1) is 16.8 Å². The van der Waals surface area contributed by atoms with E-state index in [1.165, 1.54) is 9.56 Å². The zero-order chi connectivity index (χ0) is 14.9. The minimum absolute atomic E-state index is 0.113. The summed E-state index contributed by atoms with van der Waals surface area (Å²) in [7, 11) is 1.73. The first-order valence-corrected chi connectivity index (χ1v) is 7.55. The van der Waals surface area contributed by atoms with Gasteiger partial charge in [0.25, 0.3) is 5.91 Å². The molecule has 0 unspecified atom stereocenters. The Bertz CT molecular complexity index is 615. The average Bonchev–Trinajstić information content (AvgIpc) is 2.89. The number of halogens is 1. The van der Waals surface area contributed by atoms with Crippen LogP contribution in [0.1, 0.15) is 45.5 Å². The average molecular weight is 313 g/mol. The topological polar surface area (TPSA) is 59.8 Å². The summed E-state index contributed by atoms with van der Waals surface area (Å²) in [5, 5.41) is 8.28. The largest absolute Gasteiger partial charge is 0.341 e. The van der Waals surface area contributed by atoms with Crippen molar-refractivity contribution in [2.75, 3.05) is 0 Å². The van der Waals surface area contributed by atoms with Gasteiger partial charge in [-0.15, -0.1) is 11.3 Å². The Morgan fingerprint density at radius 3 is 2.70 bits per heavy atom. The maximum Gasteiger partial charge on any atom is 0.273 e. The third kappa shape index (κ3) is 3.02. The molecule has 0 radical (unpaired) electrons. The fraction of sp³-hybridized carbons (Fsp3) is 0.462. The first kappa shape index (κ1) is 15.0. The van der Waals surface area contributed by atoms with Gasteiger partial charge in [0.1, 0.15) is 5.01 Å². The van der Waals surface area contributed by atoms with E-state index in [1.54, 1.807) is 24.6 Å². The number of thiazole rings is 1. The molecule has 0 fully saturated rings. The van der Waals surface area contributed by atoms with E-state index >= 15 is 0 Å². The third-order valence-electron chi connectivity index (χ3n) is 3.06. The van der Waals surface area contributed by atoms with Crippen molar-refractivity contribution < 1.29 is 4.79 Å². The number of aryl methyl sites for hydroxylation is 3. The fourth-order valence-corrected chi connectivity index (χ4v) is 3.15. The Balaban J connectivity index is 2.18. The third-order valence-corrected chi connectivity index (χ3v) is 4.52. The maximum atomic E-state index is 12.2. The lowest BCUT2D eigenvalue weighted by Crippen LogP contribution is -2.28. The van der Waals surface area contributed by atoms with E-state index in [9.17, 15) is 4.79 Å². The molecule has 20 heavy (non-hydrogen) atoms. The predicted molar refractivity (Wildman–Crippen MR) is 80.3 cm³/mol. The quantitative estimate of drug-likeness (QED) is 0.944. The van der Waals surface area contributed by atoms with Gasteiger partial charge in [-0.05, 0) is 20.3 Å². The van der Waals surface area contributed by atoms with Crippen molar-refractivity contribution in [1.82, 2.24) is 20.1 Å². The Kier molecular flexibility index (Phi) is 4.45. The second-order valence-corrected chi connectivity index (χ2v) is 6.27. The van der Waals surface area contributed by atoms with Crippen molar-refractivity contribution in [2.45, 2.75) is 33.2 Å². The lowest BCUT2D eigenvalue weighted by Gasteiger charge is -2.13. The van der Waals surface area contributed by atoms with Gasteiger partial charge >= 0.3 is 0 Å². The molecule has 0 spiro atoms. The monoisotopic (exact) mass is 312 g/mol. The molecule has 2 aromatic rings. The molecule has 0 aliphatic heterocycles. The Morgan fingerprint density at radius 2 is 2.25 bits per heavy atom. The van der Waals surface area contributed by atoms with Crippen molar-refractivity contribution in [1.29, 1.82) is 0 Å². The molecule has 0 saturated carbocycles. The highest BCUT2D eigenvalue weighted by atomic mass is 35.5. The summed E-state index contributed by atoms with van der Waals surface area (Å²) in [5.74, 6) is -0.270. The molecule has 1 amide bonds. The molecule has 0 aromatic carbocycles. The van der Waals surface area contributed by atoms with Crippen LogP contribution in [0.3, 0.4) is 0 Å². The fourth-order valence-electron chi connectivity index (χ4n) is 1.83. The van der Waals surface area contributed by atoms with Crippen LogP contribution >= 0.6 is 22.9 Å². The van der Waals surface area contributed by atoms with Crippen molar-refractivity contribution in [3.63, 3.8) is 0 Å². The van der Waals surface area contributed by atoms with Gasteiger partial charge in [-0.1, -0.05) is 18.5 Å². The number of rotatable bonds is 4. The van der Waals surface area contributed by atoms with Gasteiger partial charge in [0.2, 0.25) is 0 Å². The SMILES string of the molecule is CC[C@H](NC(=O)c1nn(C)cc1Cl)c1nc(C)c(C)s1. The van der Waals surface area contributed by atoms with Crippen molar-refractivity contribution in [3.05, 3.63) is 32.5 Å². The molecule has 1 atom stereocenters. The summed E-state index contributed by atoms with van der Waals surface area (Å²) in [6.45, 7) is 6.01. The zero-order valence-electron chi connectivity index (χ0n) is 11.9. The normalized spacial score (nSPS) is 12.4. The highest BCUT2D eigenvalue weighted by Crippen LogP contribution is 2.25. The van der Waals surface area contributed by atoms with Gasteiger partial charge in [-0.3, -0.25) is 9.48 Å². The van der Waals surface area contributed by atoms with Crippen LogP contribution in [0, 0.1) is 13.8 Å².